The van der Waals surface area contributed by atoms with Crippen LogP contribution in [0.15, 0.2) is 55.0 Å². The van der Waals surface area contributed by atoms with Crippen molar-refractivity contribution < 1.29 is 15.0 Å². The number of aryl methyl sites for hydroxylation is 1. The van der Waals surface area contributed by atoms with Gasteiger partial charge in [0.25, 0.3) is 0 Å². The van der Waals surface area contributed by atoms with Crippen LogP contribution in [0.1, 0.15) is 33.2 Å². The number of aromatic amines is 1. The van der Waals surface area contributed by atoms with Crippen LogP contribution in [0, 0.1) is 6.92 Å². The standard InChI is InChI=1S/C19H19N3O3/c1-12-5-7-13(8-6-12)9-16(17-10-20-11-21-17)22-15-4-2-3-14(18(15)23)19(24)25/h2-8,10-11,16,22-23H,9H2,1H3,(H,20,21)(H,24,25). The molecule has 0 radical (unpaired) electrons. The molecular weight excluding hydrogens is 318 g/mol. The summed E-state index contributed by atoms with van der Waals surface area (Å²) >= 11 is 0. The summed E-state index contributed by atoms with van der Waals surface area (Å²) in [5, 5.41) is 22.6. The van der Waals surface area contributed by atoms with E-state index in [0.29, 0.717) is 12.1 Å². The molecule has 0 aliphatic heterocycles. The van der Waals surface area contributed by atoms with Gasteiger partial charge in [0.1, 0.15) is 5.56 Å². The summed E-state index contributed by atoms with van der Waals surface area (Å²) in [6.45, 7) is 2.03. The molecule has 0 fully saturated rings. The number of para-hydroxylation sites is 1. The number of nitrogens with zero attached hydrogens (tertiary/aromatic N) is 1. The van der Waals surface area contributed by atoms with Crippen molar-refractivity contribution in [2.75, 3.05) is 5.32 Å². The van der Waals surface area contributed by atoms with Crippen LogP contribution in [-0.2, 0) is 6.42 Å². The Kier molecular flexibility index (Phi) is 4.70. The number of aromatic nitrogens is 2. The summed E-state index contributed by atoms with van der Waals surface area (Å²) in [5.74, 6) is -1.44. The molecule has 1 atom stereocenters. The fourth-order valence-corrected chi connectivity index (χ4v) is 2.68. The van der Waals surface area contributed by atoms with Gasteiger partial charge < -0.3 is 20.5 Å². The van der Waals surface area contributed by atoms with E-state index in [1.54, 1.807) is 24.7 Å². The van der Waals surface area contributed by atoms with Gasteiger partial charge in [0.05, 0.1) is 29.9 Å². The average molecular weight is 337 g/mol. The van der Waals surface area contributed by atoms with Crippen molar-refractivity contribution in [3.63, 3.8) is 0 Å². The summed E-state index contributed by atoms with van der Waals surface area (Å²) in [4.78, 5) is 18.3. The smallest absolute Gasteiger partial charge is 0.339 e. The molecule has 0 saturated carbocycles. The van der Waals surface area contributed by atoms with Crippen molar-refractivity contribution in [3.05, 3.63) is 77.4 Å². The number of aromatic carboxylic acids is 1. The number of aromatic hydroxyl groups is 1. The fraction of sp³-hybridized carbons (Fsp3) is 0.158. The highest BCUT2D eigenvalue weighted by molar-refractivity contribution is 5.93. The number of anilines is 1. The minimum atomic E-state index is -1.17. The molecule has 128 valence electrons. The SMILES string of the molecule is Cc1ccc(CC(Nc2cccc(C(=O)O)c2O)c2cnc[nH]2)cc1. The van der Waals surface area contributed by atoms with Gasteiger partial charge in [-0.3, -0.25) is 0 Å². The largest absolute Gasteiger partial charge is 0.505 e. The molecule has 3 rings (SSSR count). The molecule has 0 bridgehead atoms. The van der Waals surface area contributed by atoms with Crippen LogP contribution < -0.4 is 5.32 Å². The monoisotopic (exact) mass is 337 g/mol. The van der Waals surface area contributed by atoms with Crippen LogP contribution in [0.5, 0.6) is 5.75 Å². The zero-order valence-corrected chi connectivity index (χ0v) is 13.7. The van der Waals surface area contributed by atoms with E-state index in [-0.39, 0.29) is 17.4 Å². The number of hydrogen-bond acceptors (Lipinski definition) is 4. The molecule has 0 spiro atoms. The Labute approximate surface area is 145 Å². The van der Waals surface area contributed by atoms with Crippen LogP contribution in [-0.4, -0.2) is 26.2 Å². The first kappa shape index (κ1) is 16.6. The number of carbonyl (C=O) groups is 1. The molecule has 6 heteroatoms. The van der Waals surface area contributed by atoms with Gasteiger partial charge in [-0.15, -0.1) is 0 Å². The number of H-pyrrole nitrogens is 1. The van der Waals surface area contributed by atoms with Gasteiger partial charge in [-0.25, -0.2) is 9.78 Å². The molecule has 1 aromatic heterocycles. The van der Waals surface area contributed by atoms with Crippen molar-refractivity contribution >= 4 is 11.7 Å². The molecule has 6 nitrogen and oxygen atoms in total. The zero-order valence-electron chi connectivity index (χ0n) is 13.7. The van der Waals surface area contributed by atoms with E-state index in [1.807, 2.05) is 31.2 Å². The number of carboxylic acids is 1. The molecule has 25 heavy (non-hydrogen) atoms. The Balaban J connectivity index is 1.90. The summed E-state index contributed by atoms with van der Waals surface area (Å²) in [6, 6.07) is 12.6. The third kappa shape index (κ3) is 3.80. The lowest BCUT2D eigenvalue weighted by molar-refractivity contribution is 0.0694. The Morgan fingerprint density at radius 1 is 1.24 bits per heavy atom. The maximum atomic E-state index is 11.2. The number of hydrogen-bond donors (Lipinski definition) is 4. The Hall–Kier alpha value is -3.28. The maximum absolute atomic E-state index is 11.2. The summed E-state index contributed by atoms with van der Waals surface area (Å²) in [5.41, 5.74) is 3.38. The first-order valence-electron chi connectivity index (χ1n) is 7.90. The van der Waals surface area contributed by atoms with Gasteiger partial charge in [0, 0.05) is 0 Å². The highest BCUT2D eigenvalue weighted by atomic mass is 16.4. The molecule has 0 aliphatic rings. The molecule has 0 amide bonds. The minimum absolute atomic E-state index is 0.135. The third-order valence-electron chi connectivity index (χ3n) is 4.05. The number of phenols is 1. The Morgan fingerprint density at radius 3 is 2.64 bits per heavy atom. The fourth-order valence-electron chi connectivity index (χ4n) is 2.68. The molecule has 4 N–H and O–H groups in total. The topological polar surface area (TPSA) is 98.2 Å². The zero-order chi connectivity index (χ0) is 17.8. The number of benzene rings is 2. The predicted octanol–water partition coefficient (Wildman–Crippen LogP) is 3.52. The van der Waals surface area contributed by atoms with Gasteiger partial charge in [0.2, 0.25) is 0 Å². The van der Waals surface area contributed by atoms with E-state index in [1.165, 1.54) is 11.6 Å². The van der Waals surface area contributed by atoms with Crippen LogP contribution in [0.2, 0.25) is 0 Å². The van der Waals surface area contributed by atoms with Crippen molar-refractivity contribution in [3.8, 4) is 5.75 Å². The lowest BCUT2D eigenvalue weighted by Crippen LogP contribution is -2.15. The number of carboxylic acid groups (broad SMARTS) is 1. The highest BCUT2D eigenvalue weighted by Gasteiger charge is 2.18. The summed E-state index contributed by atoms with van der Waals surface area (Å²) < 4.78 is 0. The third-order valence-corrected chi connectivity index (χ3v) is 4.05. The number of nitrogens with one attached hydrogen (secondary N) is 2. The minimum Gasteiger partial charge on any atom is -0.505 e. The first-order valence-corrected chi connectivity index (χ1v) is 7.90. The highest BCUT2D eigenvalue weighted by Crippen LogP contribution is 2.31. The second-order valence-electron chi connectivity index (χ2n) is 5.90. The van der Waals surface area contributed by atoms with Crippen molar-refractivity contribution in [2.45, 2.75) is 19.4 Å². The van der Waals surface area contributed by atoms with Crippen LogP contribution in [0.25, 0.3) is 0 Å². The molecule has 1 unspecified atom stereocenters. The predicted molar refractivity (Wildman–Crippen MR) is 94.9 cm³/mol. The van der Waals surface area contributed by atoms with Gasteiger partial charge >= 0.3 is 5.97 Å². The van der Waals surface area contributed by atoms with Gasteiger partial charge in [-0.2, -0.15) is 0 Å². The Morgan fingerprint density at radius 2 is 2.00 bits per heavy atom. The molecule has 1 heterocycles. The van der Waals surface area contributed by atoms with E-state index in [0.717, 1.165) is 11.3 Å². The second-order valence-corrected chi connectivity index (χ2v) is 5.90. The van der Waals surface area contributed by atoms with Crippen LogP contribution in [0.3, 0.4) is 0 Å². The quantitative estimate of drug-likeness (QED) is 0.516. The lowest BCUT2D eigenvalue weighted by atomic mass is 10.0. The maximum Gasteiger partial charge on any atom is 0.339 e. The average Bonchev–Trinajstić information content (AvgIpc) is 3.12. The summed E-state index contributed by atoms with van der Waals surface area (Å²) in [6.07, 6.45) is 3.95. The molecular formula is C19H19N3O3. The van der Waals surface area contributed by atoms with E-state index in [4.69, 9.17) is 5.11 Å². The molecule has 2 aromatic carbocycles. The van der Waals surface area contributed by atoms with Gasteiger partial charge in [-0.1, -0.05) is 35.9 Å². The van der Waals surface area contributed by atoms with Crippen LogP contribution in [0.4, 0.5) is 5.69 Å². The van der Waals surface area contributed by atoms with Gasteiger partial charge in [-0.05, 0) is 31.0 Å². The van der Waals surface area contributed by atoms with Crippen LogP contribution >= 0.6 is 0 Å². The first-order chi connectivity index (χ1) is 12.0. The lowest BCUT2D eigenvalue weighted by Gasteiger charge is -2.20. The Bertz CT molecular complexity index is 858. The van der Waals surface area contributed by atoms with Crippen molar-refractivity contribution in [1.82, 2.24) is 9.97 Å². The van der Waals surface area contributed by atoms with E-state index < -0.39 is 5.97 Å². The number of imidazole rings is 1. The van der Waals surface area contributed by atoms with E-state index >= 15 is 0 Å². The van der Waals surface area contributed by atoms with Crippen molar-refractivity contribution in [2.24, 2.45) is 0 Å². The van der Waals surface area contributed by atoms with Gasteiger partial charge in [0.15, 0.2) is 5.75 Å². The van der Waals surface area contributed by atoms with E-state index in [9.17, 15) is 9.90 Å². The molecule has 0 aliphatic carbocycles. The van der Waals surface area contributed by atoms with Crippen molar-refractivity contribution in [1.29, 1.82) is 0 Å². The summed E-state index contributed by atoms with van der Waals surface area (Å²) in [7, 11) is 0. The second kappa shape index (κ2) is 7.09. The van der Waals surface area contributed by atoms with E-state index in [2.05, 4.69) is 15.3 Å². The molecule has 3 aromatic rings. The molecule has 0 saturated heterocycles. The normalized spacial score (nSPS) is 11.9. The number of rotatable bonds is 6.